The zero-order chi connectivity index (χ0) is 13.4. The third-order valence-electron chi connectivity index (χ3n) is 2.91. The fraction of sp³-hybridized carbons (Fsp3) is 0.250. The molecular formula is C12H12BrN5S. The molecule has 98 valence electrons. The van der Waals surface area contributed by atoms with Crippen molar-refractivity contribution in [2.75, 3.05) is 11.9 Å². The average molecular weight is 338 g/mol. The van der Waals surface area contributed by atoms with E-state index in [9.17, 15) is 0 Å². The number of aromatic nitrogens is 4. The van der Waals surface area contributed by atoms with Crippen LogP contribution in [-0.4, -0.2) is 26.4 Å². The molecule has 19 heavy (non-hydrogen) atoms. The lowest BCUT2D eigenvalue weighted by Crippen LogP contribution is -2.19. The first-order valence-electron chi connectivity index (χ1n) is 5.74. The first-order valence-corrected chi connectivity index (χ1v) is 7.41. The topological polar surface area (TPSA) is 46.3 Å². The molecular weight excluding hydrogens is 326 g/mol. The van der Waals surface area contributed by atoms with Crippen molar-refractivity contribution in [2.45, 2.75) is 13.5 Å². The molecule has 3 aromatic heterocycles. The number of hydrogen-bond acceptors (Lipinski definition) is 5. The summed E-state index contributed by atoms with van der Waals surface area (Å²) in [6, 6.07) is 0. The molecule has 5 nitrogen and oxygen atoms in total. The molecule has 0 amide bonds. The van der Waals surface area contributed by atoms with E-state index in [0.717, 1.165) is 28.3 Å². The summed E-state index contributed by atoms with van der Waals surface area (Å²) in [6.07, 6.45) is 5.59. The summed E-state index contributed by atoms with van der Waals surface area (Å²) in [7, 11) is 2.02. The van der Waals surface area contributed by atoms with E-state index in [1.807, 2.05) is 36.3 Å². The number of nitrogens with zero attached hydrogens (tertiary/aromatic N) is 5. The number of hydrogen-bond donors (Lipinski definition) is 0. The van der Waals surface area contributed by atoms with E-state index in [1.165, 1.54) is 4.88 Å². The Bertz CT molecular complexity index is 720. The van der Waals surface area contributed by atoms with Gasteiger partial charge in [-0.05, 0) is 22.9 Å². The maximum absolute atomic E-state index is 4.53. The largest absolute Gasteiger partial charge is 0.351 e. The predicted molar refractivity (Wildman–Crippen MR) is 79.6 cm³/mol. The van der Waals surface area contributed by atoms with Crippen molar-refractivity contribution >= 4 is 38.7 Å². The summed E-state index contributed by atoms with van der Waals surface area (Å²) < 4.78 is 2.75. The molecule has 0 spiro atoms. The Balaban J connectivity index is 1.99. The van der Waals surface area contributed by atoms with Crippen molar-refractivity contribution in [1.82, 2.24) is 19.4 Å². The lowest BCUT2D eigenvalue weighted by molar-refractivity contribution is 0.891. The molecule has 0 N–H and O–H groups in total. The van der Waals surface area contributed by atoms with Gasteiger partial charge in [0.15, 0.2) is 11.5 Å². The van der Waals surface area contributed by atoms with Gasteiger partial charge in [-0.15, -0.1) is 11.3 Å². The van der Waals surface area contributed by atoms with E-state index < -0.39 is 0 Å². The Morgan fingerprint density at radius 1 is 1.42 bits per heavy atom. The van der Waals surface area contributed by atoms with Crippen molar-refractivity contribution < 1.29 is 0 Å². The summed E-state index contributed by atoms with van der Waals surface area (Å²) >= 11 is 5.10. The number of thiazole rings is 1. The molecule has 0 aliphatic carbocycles. The molecule has 0 bridgehead atoms. The Hall–Kier alpha value is -1.47. The highest BCUT2D eigenvalue weighted by Gasteiger charge is 2.13. The van der Waals surface area contributed by atoms with Crippen LogP contribution in [0.25, 0.3) is 5.65 Å². The molecule has 0 radical (unpaired) electrons. The first kappa shape index (κ1) is 12.6. The SMILES string of the molecule is Cc1ncsc1CN(C)c1nc(Br)cn2ccnc12. The standard InChI is InChI=1S/C12H12BrN5S/c1-8-9(19-7-15-8)5-17(2)12-11-14-3-4-18(11)6-10(13)16-12/h3-4,6-7H,5H2,1-2H3. The van der Waals surface area contributed by atoms with Gasteiger partial charge in [0.1, 0.15) is 4.60 Å². The van der Waals surface area contributed by atoms with E-state index in [-0.39, 0.29) is 0 Å². The Labute approximate surface area is 123 Å². The second-order valence-electron chi connectivity index (χ2n) is 4.26. The summed E-state index contributed by atoms with van der Waals surface area (Å²) in [5.41, 5.74) is 3.80. The monoisotopic (exact) mass is 337 g/mol. The van der Waals surface area contributed by atoms with Crippen LogP contribution in [0.2, 0.25) is 0 Å². The van der Waals surface area contributed by atoms with Gasteiger partial charge in [0, 0.05) is 30.5 Å². The van der Waals surface area contributed by atoms with Gasteiger partial charge < -0.3 is 9.30 Å². The van der Waals surface area contributed by atoms with Gasteiger partial charge in [-0.1, -0.05) is 0 Å². The van der Waals surface area contributed by atoms with Crippen LogP contribution in [0.4, 0.5) is 5.82 Å². The van der Waals surface area contributed by atoms with Crippen LogP contribution in [0.5, 0.6) is 0 Å². The zero-order valence-electron chi connectivity index (χ0n) is 10.5. The van der Waals surface area contributed by atoms with Crippen molar-refractivity contribution in [3.8, 4) is 0 Å². The van der Waals surface area contributed by atoms with Gasteiger partial charge in [0.2, 0.25) is 0 Å². The number of rotatable bonds is 3. The van der Waals surface area contributed by atoms with E-state index in [0.29, 0.717) is 0 Å². The Morgan fingerprint density at radius 3 is 3.00 bits per heavy atom. The molecule has 0 aliphatic rings. The second kappa shape index (κ2) is 4.90. The minimum Gasteiger partial charge on any atom is -0.351 e. The fourth-order valence-electron chi connectivity index (χ4n) is 1.91. The summed E-state index contributed by atoms with van der Waals surface area (Å²) in [4.78, 5) is 16.5. The molecule has 3 heterocycles. The van der Waals surface area contributed by atoms with Crippen molar-refractivity contribution in [1.29, 1.82) is 0 Å². The molecule has 0 aliphatic heterocycles. The molecule has 3 rings (SSSR count). The van der Waals surface area contributed by atoms with Gasteiger partial charge >= 0.3 is 0 Å². The first-order chi connectivity index (χ1) is 9.15. The van der Waals surface area contributed by atoms with Crippen LogP contribution in [0.1, 0.15) is 10.6 Å². The highest BCUT2D eigenvalue weighted by atomic mass is 79.9. The lowest BCUT2D eigenvalue weighted by Gasteiger charge is -2.18. The molecule has 0 aromatic carbocycles. The predicted octanol–water partition coefficient (Wildman–Crippen LogP) is 2.89. The number of halogens is 1. The molecule has 0 fully saturated rings. The quantitative estimate of drug-likeness (QED) is 0.737. The third kappa shape index (κ3) is 2.35. The molecule has 3 aromatic rings. The van der Waals surface area contributed by atoms with Crippen LogP contribution in [-0.2, 0) is 6.54 Å². The van der Waals surface area contributed by atoms with E-state index in [2.05, 4.69) is 35.8 Å². The van der Waals surface area contributed by atoms with Gasteiger partial charge in [0.25, 0.3) is 0 Å². The Morgan fingerprint density at radius 2 is 2.26 bits per heavy atom. The minimum atomic E-state index is 0.780. The molecule has 0 saturated heterocycles. The van der Waals surface area contributed by atoms with Crippen molar-refractivity contribution in [2.24, 2.45) is 0 Å². The number of fused-ring (bicyclic) bond motifs is 1. The summed E-state index contributed by atoms with van der Waals surface area (Å²) in [5.74, 6) is 0.854. The Kier molecular flexibility index (Phi) is 3.24. The zero-order valence-corrected chi connectivity index (χ0v) is 12.9. The van der Waals surface area contributed by atoms with E-state index in [1.54, 1.807) is 17.5 Å². The molecule has 0 atom stereocenters. The third-order valence-corrected chi connectivity index (χ3v) is 4.22. The average Bonchev–Trinajstić information content (AvgIpc) is 2.98. The van der Waals surface area contributed by atoms with Gasteiger partial charge in [-0.2, -0.15) is 0 Å². The highest BCUT2D eigenvalue weighted by molar-refractivity contribution is 9.10. The lowest BCUT2D eigenvalue weighted by atomic mass is 10.3. The van der Waals surface area contributed by atoms with Crippen molar-refractivity contribution in [3.63, 3.8) is 0 Å². The van der Waals surface area contributed by atoms with Gasteiger partial charge in [-0.3, -0.25) is 0 Å². The smallest absolute Gasteiger partial charge is 0.180 e. The molecule has 7 heteroatoms. The van der Waals surface area contributed by atoms with Crippen LogP contribution in [0.15, 0.2) is 28.7 Å². The maximum atomic E-state index is 4.53. The fourth-order valence-corrected chi connectivity index (χ4v) is 3.13. The number of aryl methyl sites for hydroxylation is 1. The van der Waals surface area contributed by atoms with Gasteiger partial charge in [-0.25, -0.2) is 15.0 Å². The highest BCUT2D eigenvalue weighted by Crippen LogP contribution is 2.23. The van der Waals surface area contributed by atoms with E-state index >= 15 is 0 Å². The molecule has 0 saturated carbocycles. The maximum Gasteiger partial charge on any atom is 0.180 e. The normalized spacial score (nSPS) is 11.1. The molecule has 0 unspecified atom stereocenters. The number of anilines is 1. The van der Waals surface area contributed by atoms with Gasteiger partial charge in [0.05, 0.1) is 17.7 Å². The summed E-state index contributed by atoms with van der Waals surface area (Å²) in [6.45, 7) is 2.81. The summed E-state index contributed by atoms with van der Waals surface area (Å²) in [5, 5.41) is 0. The van der Waals surface area contributed by atoms with Crippen LogP contribution < -0.4 is 4.90 Å². The number of imidazole rings is 1. The van der Waals surface area contributed by atoms with Crippen molar-refractivity contribution in [3.05, 3.63) is 39.3 Å². The minimum absolute atomic E-state index is 0.780. The van der Waals surface area contributed by atoms with Crippen LogP contribution in [0.3, 0.4) is 0 Å². The van der Waals surface area contributed by atoms with E-state index in [4.69, 9.17) is 0 Å². The second-order valence-corrected chi connectivity index (χ2v) is 6.01. The van der Waals surface area contributed by atoms with Crippen LogP contribution >= 0.6 is 27.3 Å². The van der Waals surface area contributed by atoms with Crippen LogP contribution in [0, 0.1) is 6.92 Å².